The first-order valence-corrected chi connectivity index (χ1v) is 11.3. The van der Waals surface area contributed by atoms with Gasteiger partial charge in [-0.2, -0.15) is 0 Å². The number of carbonyl (C=O) groups excluding carboxylic acids is 2. The molecular formula is C22H17BrClN3O3S. The summed E-state index contributed by atoms with van der Waals surface area (Å²) in [6, 6.07) is 16.1. The number of carbonyl (C=O) groups is 2. The fourth-order valence-corrected chi connectivity index (χ4v) is 4.85. The first kappa shape index (κ1) is 21.5. The summed E-state index contributed by atoms with van der Waals surface area (Å²) >= 11 is 11.1. The van der Waals surface area contributed by atoms with Gasteiger partial charge in [-0.1, -0.05) is 23.7 Å². The second kappa shape index (κ2) is 9.21. The quantitative estimate of drug-likeness (QED) is 0.473. The fraction of sp³-hybridized carbons (Fsp3) is 0.136. The van der Waals surface area contributed by atoms with E-state index in [1.165, 1.54) is 23.3 Å². The van der Waals surface area contributed by atoms with E-state index in [0.29, 0.717) is 33.5 Å². The van der Waals surface area contributed by atoms with Crippen LogP contribution in [-0.2, 0) is 9.59 Å². The van der Waals surface area contributed by atoms with Crippen LogP contribution in [0.4, 0.5) is 17.1 Å². The number of fused-ring (bicyclic) bond motifs is 1. The number of nitrogens with zero attached hydrogens (tertiary/aromatic N) is 2. The monoisotopic (exact) mass is 517 g/mol. The second-order valence-electron chi connectivity index (χ2n) is 6.71. The minimum absolute atomic E-state index is 0.100. The van der Waals surface area contributed by atoms with Crippen LogP contribution in [0.1, 0.15) is 11.3 Å². The van der Waals surface area contributed by atoms with Crippen LogP contribution in [0.25, 0.3) is 0 Å². The molecule has 0 aliphatic carbocycles. The minimum Gasteiger partial charge on any atom is -0.495 e. The van der Waals surface area contributed by atoms with E-state index in [-0.39, 0.29) is 24.8 Å². The number of benzene rings is 2. The lowest BCUT2D eigenvalue weighted by Crippen LogP contribution is -2.38. The molecule has 2 aromatic carbocycles. The Balaban J connectivity index is 1.57. The number of anilines is 2. The van der Waals surface area contributed by atoms with Crippen molar-refractivity contribution in [3.8, 4) is 5.75 Å². The van der Waals surface area contributed by atoms with Gasteiger partial charge in [0.05, 0.1) is 44.3 Å². The Morgan fingerprint density at radius 1 is 1.26 bits per heavy atom. The van der Waals surface area contributed by atoms with Crippen molar-refractivity contribution in [1.29, 1.82) is 0 Å². The lowest BCUT2D eigenvalue weighted by molar-refractivity contribution is -0.120. The largest absolute Gasteiger partial charge is 0.495 e. The zero-order valence-electron chi connectivity index (χ0n) is 16.4. The van der Waals surface area contributed by atoms with Crippen molar-refractivity contribution >= 4 is 73.5 Å². The van der Waals surface area contributed by atoms with Crippen molar-refractivity contribution in [2.45, 2.75) is 6.42 Å². The SMILES string of the molecule is COc1ccc(NC(=O)CN2C(=O)CC(c3ccc(Br)s3)=Nc3ccccc32)cc1Cl. The van der Waals surface area contributed by atoms with Gasteiger partial charge in [0.1, 0.15) is 12.3 Å². The van der Waals surface area contributed by atoms with Crippen LogP contribution in [-0.4, -0.2) is 31.2 Å². The Labute approximate surface area is 196 Å². The zero-order chi connectivity index (χ0) is 22.0. The number of hydrogen-bond donors (Lipinski definition) is 1. The van der Waals surface area contributed by atoms with E-state index < -0.39 is 0 Å². The molecule has 1 aliphatic rings. The van der Waals surface area contributed by atoms with E-state index in [1.807, 2.05) is 30.3 Å². The number of methoxy groups -OCH3 is 1. The molecule has 0 saturated carbocycles. The molecule has 4 rings (SSSR count). The van der Waals surface area contributed by atoms with Gasteiger partial charge in [0.25, 0.3) is 0 Å². The molecule has 0 atom stereocenters. The van der Waals surface area contributed by atoms with Gasteiger partial charge in [0, 0.05) is 5.69 Å². The third kappa shape index (κ3) is 4.81. The minimum atomic E-state index is -0.341. The van der Waals surface area contributed by atoms with E-state index in [1.54, 1.807) is 24.3 Å². The fourth-order valence-electron chi connectivity index (χ4n) is 3.22. The summed E-state index contributed by atoms with van der Waals surface area (Å²) in [5, 5.41) is 3.17. The van der Waals surface area contributed by atoms with Crippen molar-refractivity contribution in [2.24, 2.45) is 4.99 Å². The van der Waals surface area contributed by atoms with Gasteiger partial charge in [0.15, 0.2) is 0 Å². The average molecular weight is 519 g/mol. The van der Waals surface area contributed by atoms with Crippen LogP contribution in [0.5, 0.6) is 5.75 Å². The number of amides is 2. The third-order valence-corrected chi connectivity index (χ3v) is 6.61. The number of para-hydroxylation sites is 2. The molecule has 31 heavy (non-hydrogen) atoms. The molecule has 2 amide bonds. The van der Waals surface area contributed by atoms with Crippen molar-refractivity contribution in [1.82, 2.24) is 0 Å². The highest BCUT2D eigenvalue weighted by Gasteiger charge is 2.27. The van der Waals surface area contributed by atoms with Gasteiger partial charge >= 0.3 is 0 Å². The second-order valence-corrected chi connectivity index (χ2v) is 9.58. The highest BCUT2D eigenvalue weighted by atomic mass is 79.9. The number of ether oxygens (including phenoxy) is 1. The summed E-state index contributed by atoms with van der Waals surface area (Å²) in [7, 11) is 1.52. The van der Waals surface area contributed by atoms with Gasteiger partial charge in [-0.3, -0.25) is 9.59 Å². The van der Waals surface area contributed by atoms with E-state index in [9.17, 15) is 9.59 Å². The van der Waals surface area contributed by atoms with Crippen LogP contribution in [0, 0.1) is 0 Å². The van der Waals surface area contributed by atoms with Gasteiger partial charge < -0.3 is 15.0 Å². The molecule has 0 fully saturated rings. The Kier molecular flexibility index (Phi) is 6.41. The summed E-state index contributed by atoms with van der Waals surface area (Å²) in [6.45, 7) is -0.142. The predicted molar refractivity (Wildman–Crippen MR) is 128 cm³/mol. The van der Waals surface area contributed by atoms with E-state index in [0.717, 1.165) is 8.66 Å². The molecule has 0 unspecified atom stereocenters. The summed E-state index contributed by atoms with van der Waals surface area (Å²) in [6.07, 6.45) is 0.100. The molecule has 1 N–H and O–H groups in total. The lowest BCUT2D eigenvalue weighted by atomic mass is 10.2. The lowest BCUT2D eigenvalue weighted by Gasteiger charge is -2.22. The zero-order valence-corrected chi connectivity index (χ0v) is 19.6. The summed E-state index contributed by atoms with van der Waals surface area (Å²) in [4.78, 5) is 33.0. The smallest absolute Gasteiger partial charge is 0.244 e. The molecule has 158 valence electrons. The van der Waals surface area contributed by atoms with E-state index in [2.05, 4.69) is 21.2 Å². The molecule has 6 nitrogen and oxygen atoms in total. The first-order chi connectivity index (χ1) is 14.9. The van der Waals surface area contributed by atoms with E-state index >= 15 is 0 Å². The van der Waals surface area contributed by atoms with Crippen LogP contribution >= 0.6 is 38.9 Å². The highest BCUT2D eigenvalue weighted by molar-refractivity contribution is 9.11. The Morgan fingerprint density at radius 3 is 2.77 bits per heavy atom. The topological polar surface area (TPSA) is 71.0 Å². The van der Waals surface area contributed by atoms with Gasteiger partial charge in [-0.15, -0.1) is 11.3 Å². The summed E-state index contributed by atoms with van der Waals surface area (Å²) in [5.41, 5.74) is 2.44. The Hall–Kier alpha value is -2.68. The first-order valence-electron chi connectivity index (χ1n) is 9.30. The van der Waals surface area contributed by atoms with Crippen LogP contribution in [0.3, 0.4) is 0 Å². The van der Waals surface area contributed by atoms with Crippen molar-refractivity contribution < 1.29 is 14.3 Å². The maximum Gasteiger partial charge on any atom is 0.244 e. The summed E-state index contributed by atoms with van der Waals surface area (Å²) in [5.74, 6) is -0.0241. The number of rotatable bonds is 5. The van der Waals surface area contributed by atoms with Crippen molar-refractivity contribution in [3.63, 3.8) is 0 Å². The van der Waals surface area contributed by atoms with Crippen LogP contribution in [0.15, 0.2) is 63.4 Å². The van der Waals surface area contributed by atoms with Crippen molar-refractivity contribution in [2.75, 3.05) is 23.9 Å². The number of aliphatic imine (C=N–C) groups is 1. The molecule has 0 radical (unpaired) electrons. The number of halogens is 2. The molecule has 1 aliphatic heterocycles. The highest BCUT2D eigenvalue weighted by Crippen LogP contribution is 2.34. The average Bonchev–Trinajstić information content (AvgIpc) is 3.12. The number of nitrogens with one attached hydrogen (secondary N) is 1. The molecule has 0 bridgehead atoms. The molecule has 1 aromatic heterocycles. The normalized spacial score (nSPS) is 13.3. The molecule has 0 spiro atoms. The van der Waals surface area contributed by atoms with E-state index in [4.69, 9.17) is 21.3 Å². The third-order valence-electron chi connectivity index (χ3n) is 4.64. The standard InChI is InChI=1S/C22H17BrClN3O3S/c1-30-18-7-6-13(10-14(18)24)25-21(28)12-27-17-5-3-2-4-15(17)26-16(11-22(27)29)19-8-9-20(23)31-19/h2-10H,11-12H2,1H3,(H,25,28). The molecule has 2 heterocycles. The number of thiophene rings is 1. The molecule has 3 aromatic rings. The maximum absolute atomic E-state index is 13.1. The van der Waals surface area contributed by atoms with Crippen molar-refractivity contribution in [3.05, 3.63) is 68.3 Å². The van der Waals surface area contributed by atoms with Gasteiger partial charge in [-0.05, 0) is 58.4 Å². The maximum atomic E-state index is 13.1. The predicted octanol–water partition coefficient (Wildman–Crippen LogP) is 5.67. The Morgan fingerprint density at radius 2 is 2.06 bits per heavy atom. The molecular weight excluding hydrogens is 502 g/mol. The van der Waals surface area contributed by atoms with Gasteiger partial charge in [0.2, 0.25) is 11.8 Å². The van der Waals surface area contributed by atoms with Crippen LogP contribution < -0.4 is 15.0 Å². The Bertz CT molecular complexity index is 1190. The molecule has 9 heteroatoms. The van der Waals surface area contributed by atoms with Crippen LogP contribution in [0.2, 0.25) is 5.02 Å². The van der Waals surface area contributed by atoms with Gasteiger partial charge in [-0.25, -0.2) is 4.99 Å². The molecule has 0 saturated heterocycles. The number of hydrogen-bond acceptors (Lipinski definition) is 5. The summed E-state index contributed by atoms with van der Waals surface area (Å²) < 4.78 is 6.09.